The molecule has 0 unspecified atom stereocenters. The number of nitrogens with one attached hydrogen (secondary N) is 1. The van der Waals surface area contributed by atoms with Gasteiger partial charge in [-0.2, -0.15) is 4.98 Å². The number of aryl methyl sites for hydroxylation is 1. The standard InChI is InChI=1S/C10H10FN5O2/c1-5-15-8(18-16-5)4-14-10(17)7-2-6(11)3-13-9(7)12/h2-3H,4H2,1H3,(H2,12,13)(H,14,17). The van der Waals surface area contributed by atoms with Crippen LogP contribution in [0.15, 0.2) is 16.8 Å². The van der Waals surface area contributed by atoms with Crippen LogP contribution >= 0.6 is 0 Å². The molecule has 0 radical (unpaired) electrons. The number of aromatic nitrogens is 3. The van der Waals surface area contributed by atoms with Crippen LogP contribution in [0.25, 0.3) is 0 Å². The van der Waals surface area contributed by atoms with Crippen LogP contribution < -0.4 is 11.1 Å². The van der Waals surface area contributed by atoms with Gasteiger partial charge in [0.1, 0.15) is 11.6 Å². The summed E-state index contributed by atoms with van der Waals surface area (Å²) in [5.74, 6) is -0.524. The Hall–Kier alpha value is -2.51. The van der Waals surface area contributed by atoms with Gasteiger partial charge in [-0.1, -0.05) is 5.16 Å². The minimum atomic E-state index is -0.636. The quantitative estimate of drug-likeness (QED) is 0.818. The second-order valence-corrected chi connectivity index (χ2v) is 3.50. The van der Waals surface area contributed by atoms with Crippen molar-refractivity contribution in [1.29, 1.82) is 0 Å². The summed E-state index contributed by atoms with van der Waals surface area (Å²) in [6.07, 6.45) is 0.938. The number of pyridine rings is 1. The van der Waals surface area contributed by atoms with Crippen molar-refractivity contribution in [2.45, 2.75) is 13.5 Å². The highest BCUT2D eigenvalue weighted by Gasteiger charge is 2.13. The molecule has 7 nitrogen and oxygen atoms in total. The zero-order valence-electron chi connectivity index (χ0n) is 9.48. The van der Waals surface area contributed by atoms with Crippen molar-refractivity contribution in [3.63, 3.8) is 0 Å². The van der Waals surface area contributed by atoms with Crippen molar-refractivity contribution >= 4 is 11.7 Å². The Morgan fingerprint density at radius 2 is 2.39 bits per heavy atom. The number of hydrogen-bond acceptors (Lipinski definition) is 6. The second-order valence-electron chi connectivity index (χ2n) is 3.50. The summed E-state index contributed by atoms with van der Waals surface area (Å²) >= 11 is 0. The van der Waals surface area contributed by atoms with E-state index < -0.39 is 11.7 Å². The summed E-state index contributed by atoms with van der Waals surface area (Å²) in [7, 11) is 0. The smallest absolute Gasteiger partial charge is 0.255 e. The summed E-state index contributed by atoms with van der Waals surface area (Å²) < 4.78 is 17.7. The third kappa shape index (κ3) is 2.59. The van der Waals surface area contributed by atoms with Crippen LogP contribution in [0.1, 0.15) is 22.1 Å². The molecule has 94 valence electrons. The molecule has 0 aliphatic rings. The molecule has 1 amide bonds. The van der Waals surface area contributed by atoms with Crippen LogP contribution in [0.4, 0.5) is 10.2 Å². The van der Waals surface area contributed by atoms with Crippen molar-refractivity contribution in [2.75, 3.05) is 5.73 Å². The van der Waals surface area contributed by atoms with E-state index in [-0.39, 0.29) is 23.8 Å². The molecular weight excluding hydrogens is 241 g/mol. The Bertz CT molecular complexity index is 583. The number of carbonyl (C=O) groups is 1. The molecule has 2 aromatic rings. The molecule has 0 spiro atoms. The van der Waals surface area contributed by atoms with Gasteiger partial charge in [-0.25, -0.2) is 9.37 Å². The lowest BCUT2D eigenvalue weighted by Gasteiger charge is -2.04. The van der Waals surface area contributed by atoms with Crippen molar-refractivity contribution in [3.8, 4) is 0 Å². The van der Waals surface area contributed by atoms with Gasteiger partial charge in [0.25, 0.3) is 5.91 Å². The Morgan fingerprint density at radius 1 is 1.61 bits per heavy atom. The van der Waals surface area contributed by atoms with Gasteiger partial charge in [-0.15, -0.1) is 0 Å². The molecule has 0 bridgehead atoms. The molecule has 2 aromatic heterocycles. The maximum Gasteiger partial charge on any atom is 0.255 e. The molecule has 0 aliphatic heterocycles. The highest BCUT2D eigenvalue weighted by atomic mass is 19.1. The lowest BCUT2D eigenvalue weighted by molar-refractivity contribution is 0.0946. The van der Waals surface area contributed by atoms with Gasteiger partial charge in [0.05, 0.1) is 18.3 Å². The summed E-state index contributed by atoms with van der Waals surface area (Å²) in [6, 6.07) is 1.01. The van der Waals surface area contributed by atoms with E-state index in [9.17, 15) is 9.18 Å². The molecule has 0 saturated heterocycles. The van der Waals surface area contributed by atoms with E-state index in [0.717, 1.165) is 12.3 Å². The van der Waals surface area contributed by atoms with Crippen LogP contribution in [0.2, 0.25) is 0 Å². The number of nitrogens with two attached hydrogens (primary N) is 1. The topological polar surface area (TPSA) is 107 Å². The first-order valence-electron chi connectivity index (χ1n) is 5.04. The van der Waals surface area contributed by atoms with E-state index in [1.807, 2.05) is 0 Å². The first-order chi connectivity index (χ1) is 8.56. The van der Waals surface area contributed by atoms with E-state index in [1.54, 1.807) is 6.92 Å². The zero-order chi connectivity index (χ0) is 13.1. The number of nitrogen functional groups attached to an aromatic ring is 1. The third-order valence-corrected chi connectivity index (χ3v) is 2.10. The van der Waals surface area contributed by atoms with E-state index >= 15 is 0 Å². The van der Waals surface area contributed by atoms with Crippen molar-refractivity contribution in [2.24, 2.45) is 0 Å². The van der Waals surface area contributed by atoms with Crippen molar-refractivity contribution in [3.05, 3.63) is 35.4 Å². The Kier molecular flexibility index (Phi) is 3.18. The number of carbonyl (C=O) groups excluding carboxylic acids is 1. The highest BCUT2D eigenvalue weighted by Crippen LogP contribution is 2.09. The summed E-state index contributed by atoms with van der Waals surface area (Å²) in [4.78, 5) is 19.2. The molecule has 0 aromatic carbocycles. The first-order valence-corrected chi connectivity index (χ1v) is 5.04. The molecular formula is C10H10FN5O2. The predicted molar refractivity (Wildman–Crippen MR) is 58.8 cm³/mol. The zero-order valence-corrected chi connectivity index (χ0v) is 9.48. The lowest BCUT2D eigenvalue weighted by Crippen LogP contribution is -2.24. The Labute approximate surface area is 101 Å². The van der Waals surface area contributed by atoms with Gasteiger partial charge in [0.2, 0.25) is 5.89 Å². The van der Waals surface area contributed by atoms with Crippen LogP contribution in [0, 0.1) is 12.7 Å². The molecule has 2 heterocycles. The first kappa shape index (κ1) is 12.0. The van der Waals surface area contributed by atoms with Crippen LogP contribution in [-0.2, 0) is 6.54 Å². The molecule has 8 heteroatoms. The molecule has 0 saturated carbocycles. The van der Waals surface area contributed by atoms with E-state index in [4.69, 9.17) is 10.3 Å². The van der Waals surface area contributed by atoms with Crippen molar-refractivity contribution in [1.82, 2.24) is 20.4 Å². The van der Waals surface area contributed by atoms with Crippen molar-refractivity contribution < 1.29 is 13.7 Å². The number of rotatable bonds is 3. The molecule has 0 atom stereocenters. The highest BCUT2D eigenvalue weighted by molar-refractivity contribution is 5.98. The molecule has 2 rings (SSSR count). The number of anilines is 1. The SMILES string of the molecule is Cc1noc(CNC(=O)c2cc(F)cnc2N)n1. The summed E-state index contributed by atoms with van der Waals surface area (Å²) in [5.41, 5.74) is 5.44. The van der Waals surface area contributed by atoms with E-state index in [0.29, 0.717) is 5.82 Å². The average Bonchev–Trinajstić information content (AvgIpc) is 2.75. The fraction of sp³-hybridized carbons (Fsp3) is 0.200. The minimum Gasteiger partial charge on any atom is -0.383 e. The van der Waals surface area contributed by atoms with Crippen LogP contribution in [-0.4, -0.2) is 21.0 Å². The molecule has 18 heavy (non-hydrogen) atoms. The van der Waals surface area contributed by atoms with Gasteiger partial charge in [-0.3, -0.25) is 4.79 Å². The lowest BCUT2D eigenvalue weighted by atomic mass is 10.2. The van der Waals surface area contributed by atoms with Gasteiger partial charge < -0.3 is 15.6 Å². The normalized spacial score (nSPS) is 10.3. The van der Waals surface area contributed by atoms with Gasteiger partial charge >= 0.3 is 0 Å². The van der Waals surface area contributed by atoms with E-state index in [2.05, 4.69) is 20.4 Å². The van der Waals surface area contributed by atoms with Crippen LogP contribution in [0.5, 0.6) is 0 Å². The fourth-order valence-electron chi connectivity index (χ4n) is 1.29. The number of amides is 1. The molecule has 0 fully saturated rings. The van der Waals surface area contributed by atoms with Gasteiger partial charge in [0, 0.05) is 0 Å². The number of nitrogens with zero attached hydrogens (tertiary/aromatic N) is 3. The maximum atomic E-state index is 12.9. The average molecular weight is 251 g/mol. The number of hydrogen-bond donors (Lipinski definition) is 2. The van der Waals surface area contributed by atoms with Crippen LogP contribution in [0.3, 0.4) is 0 Å². The largest absolute Gasteiger partial charge is 0.383 e. The predicted octanol–water partition coefficient (Wildman–Crippen LogP) is 0.424. The molecule has 3 N–H and O–H groups in total. The van der Waals surface area contributed by atoms with Gasteiger partial charge in [0.15, 0.2) is 5.82 Å². The molecule has 0 aliphatic carbocycles. The maximum absolute atomic E-state index is 12.9. The fourth-order valence-corrected chi connectivity index (χ4v) is 1.29. The number of halogens is 1. The monoisotopic (exact) mass is 251 g/mol. The second kappa shape index (κ2) is 4.78. The Morgan fingerprint density at radius 3 is 3.06 bits per heavy atom. The van der Waals surface area contributed by atoms with Gasteiger partial charge in [-0.05, 0) is 13.0 Å². The Balaban J connectivity index is 2.05. The summed E-state index contributed by atoms with van der Waals surface area (Å²) in [5, 5.41) is 6.04. The third-order valence-electron chi connectivity index (χ3n) is 2.10. The summed E-state index contributed by atoms with van der Waals surface area (Å²) in [6.45, 7) is 1.69. The minimum absolute atomic E-state index is 0.0359. The van der Waals surface area contributed by atoms with E-state index in [1.165, 1.54) is 0 Å².